The molecule has 4 heteroatoms. The third kappa shape index (κ3) is 3.04. The lowest BCUT2D eigenvalue weighted by atomic mass is 10.0. The summed E-state index contributed by atoms with van der Waals surface area (Å²) in [5, 5.41) is 3.30. The van der Waals surface area contributed by atoms with E-state index in [1.807, 2.05) is 11.9 Å². The Labute approximate surface area is 111 Å². The van der Waals surface area contributed by atoms with Gasteiger partial charge in [-0.25, -0.2) is 0 Å². The van der Waals surface area contributed by atoms with Gasteiger partial charge in [-0.05, 0) is 46.1 Å². The van der Waals surface area contributed by atoms with Gasteiger partial charge < -0.3 is 15.1 Å². The summed E-state index contributed by atoms with van der Waals surface area (Å²) in [5.74, 6) is 0.301. The predicted octanol–water partition coefficient (Wildman–Crippen LogP) is 1.07. The zero-order valence-electron chi connectivity index (χ0n) is 12.0. The maximum Gasteiger partial charge on any atom is 0.239 e. The molecule has 1 amide bonds. The highest BCUT2D eigenvalue weighted by molar-refractivity contribution is 5.82. The van der Waals surface area contributed by atoms with Gasteiger partial charge in [-0.2, -0.15) is 0 Å². The van der Waals surface area contributed by atoms with Crippen LogP contribution in [0.5, 0.6) is 0 Å². The number of carbonyl (C=O) groups excluding carboxylic acids is 1. The molecule has 4 nitrogen and oxygen atoms in total. The van der Waals surface area contributed by atoms with Crippen LogP contribution in [0.1, 0.15) is 39.5 Å². The number of amides is 1. The molecule has 1 N–H and O–H groups in total. The van der Waals surface area contributed by atoms with Crippen molar-refractivity contribution in [1.82, 2.24) is 15.1 Å². The fourth-order valence-corrected chi connectivity index (χ4v) is 3.11. The minimum absolute atomic E-state index is 0.0816. The van der Waals surface area contributed by atoms with Crippen LogP contribution in [-0.2, 0) is 4.79 Å². The molecule has 104 valence electrons. The summed E-state index contributed by atoms with van der Waals surface area (Å²) in [6.45, 7) is 7.74. The van der Waals surface area contributed by atoms with Gasteiger partial charge >= 0.3 is 0 Å². The van der Waals surface area contributed by atoms with Crippen molar-refractivity contribution in [3.63, 3.8) is 0 Å². The normalized spacial score (nSPS) is 26.8. The molecule has 2 aliphatic rings. The van der Waals surface area contributed by atoms with Gasteiger partial charge in [0.15, 0.2) is 0 Å². The average Bonchev–Trinajstić information content (AvgIpc) is 2.91. The van der Waals surface area contributed by atoms with E-state index < -0.39 is 0 Å². The van der Waals surface area contributed by atoms with E-state index in [0.29, 0.717) is 18.0 Å². The first kappa shape index (κ1) is 13.8. The van der Waals surface area contributed by atoms with Gasteiger partial charge in [0.2, 0.25) is 5.91 Å². The molecule has 2 saturated heterocycles. The summed E-state index contributed by atoms with van der Waals surface area (Å²) in [6.07, 6.45) is 4.38. The number of nitrogens with one attached hydrogen (secondary N) is 1. The monoisotopic (exact) mass is 253 g/mol. The van der Waals surface area contributed by atoms with Crippen LogP contribution in [0.4, 0.5) is 0 Å². The highest BCUT2D eigenvalue weighted by atomic mass is 16.2. The van der Waals surface area contributed by atoms with Crippen molar-refractivity contribution in [3.05, 3.63) is 0 Å². The Morgan fingerprint density at radius 3 is 2.44 bits per heavy atom. The van der Waals surface area contributed by atoms with Crippen LogP contribution in [0.2, 0.25) is 0 Å². The Hall–Kier alpha value is -0.610. The molecule has 0 aromatic rings. The van der Waals surface area contributed by atoms with E-state index in [9.17, 15) is 4.79 Å². The Morgan fingerprint density at radius 1 is 1.28 bits per heavy atom. The quantitative estimate of drug-likeness (QED) is 0.817. The van der Waals surface area contributed by atoms with Gasteiger partial charge in [0.1, 0.15) is 0 Å². The standard InChI is InChI=1S/C14H27N3O/c1-11(2)17-9-6-12(7-10-17)16(3)14(18)13-5-4-8-15-13/h11-13,15H,4-10H2,1-3H3. The van der Waals surface area contributed by atoms with Crippen molar-refractivity contribution in [2.24, 2.45) is 0 Å². The molecule has 0 saturated carbocycles. The minimum Gasteiger partial charge on any atom is -0.341 e. The number of likely N-dealkylation sites (tertiary alicyclic amines) is 1. The summed E-state index contributed by atoms with van der Waals surface area (Å²) in [4.78, 5) is 16.8. The molecule has 18 heavy (non-hydrogen) atoms. The molecule has 2 rings (SSSR count). The maximum atomic E-state index is 12.3. The lowest BCUT2D eigenvalue weighted by Crippen LogP contribution is -2.51. The molecule has 2 fully saturated rings. The van der Waals surface area contributed by atoms with Crippen molar-refractivity contribution in [2.75, 3.05) is 26.7 Å². The zero-order valence-corrected chi connectivity index (χ0v) is 12.0. The first-order chi connectivity index (χ1) is 8.59. The molecular weight excluding hydrogens is 226 g/mol. The number of rotatable bonds is 3. The molecule has 2 aliphatic heterocycles. The lowest BCUT2D eigenvalue weighted by molar-refractivity contribution is -0.134. The summed E-state index contributed by atoms with van der Waals surface area (Å²) in [5.41, 5.74) is 0. The highest BCUT2D eigenvalue weighted by Gasteiger charge is 2.31. The van der Waals surface area contributed by atoms with Gasteiger partial charge in [0, 0.05) is 32.2 Å². The van der Waals surface area contributed by atoms with Crippen LogP contribution in [0.25, 0.3) is 0 Å². The second kappa shape index (κ2) is 6.02. The number of hydrogen-bond donors (Lipinski definition) is 1. The van der Waals surface area contributed by atoms with E-state index in [-0.39, 0.29) is 6.04 Å². The van der Waals surface area contributed by atoms with Gasteiger partial charge in [0.25, 0.3) is 0 Å². The molecule has 1 unspecified atom stereocenters. The van der Waals surface area contributed by atoms with Crippen LogP contribution in [0, 0.1) is 0 Å². The van der Waals surface area contributed by atoms with Crippen LogP contribution in [0.3, 0.4) is 0 Å². The van der Waals surface area contributed by atoms with E-state index >= 15 is 0 Å². The van der Waals surface area contributed by atoms with Crippen LogP contribution in [-0.4, -0.2) is 60.5 Å². The summed E-state index contributed by atoms with van der Waals surface area (Å²) >= 11 is 0. The molecule has 0 aromatic heterocycles. The van der Waals surface area contributed by atoms with Crippen molar-refractivity contribution in [1.29, 1.82) is 0 Å². The minimum atomic E-state index is 0.0816. The van der Waals surface area contributed by atoms with E-state index in [1.165, 1.54) is 0 Å². The molecule has 0 spiro atoms. The molecule has 0 aromatic carbocycles. The van der Waals surface area contributed by atoms with Gasteiger partial charge in [-0.3, -0.25) is 4.79 Å². The van der Waals surface area contributed by atoms with Crippen molar-refractivity contribution in [2.45, 2.75) is 57.7 Å². The number of carbonyl (C=O) groups is 1. The van der Waals surface area contributed by atoms with Crippen LogP contribution < -0.4 is 5.32 Å². The van der Waals surface area contributed by atoms with Gasteiger partial charge in [-0.1, -0.05) is 0 Å². The number of piperidine rings is 1. The topological polar surface area (TPSA) is 35.6 Å². The first-order valence-electron chi connectivity index (χ1n) is 7.33. The van der Waals surface area contributed by atoms with Crippen molar-refractivity contribution < 1.29 is 4.79 Å². The molecule has 0 radical (unpaired) electrons. The molecular formula is C14H27N3O. The molecule has 0 bridgehead atoms. The second-order valence-corrected chi connectivity index (χ2v) is 5.96. The van der Waals surface area contributed by atoms with E-state index in [1.54, 1.807) is 0 Å². The Bertz CT molecular complexity index is 279. The molecule has 0 aliphatic carbocycles. The van der Waals surface area contributed by atoms with Crippen LogP contribution in [0.15, 0.2) is 0 Å². The Kier molecular flexibility index (Phi) is 4.62. The van der Waals surface area contributed by atoms with E-state index in [4.69, 9.17) is 0 Å². The largest absolute Gasteiger partial charge is 0.341 e. The third-order valence-electron chi connectivity index (χ3n) is 4.48. The third-order valence-corrected chi connectivity index (χ3v) is 4.48. The fourth-order valence-electron chi connectivity index (χ4n) is 3.11. The van der Waals surface area contributed by atoms with Crippen molar-refractivity contribution in [3.8, 4) is 0 Å². The number of hydrogen-bond acceptors (Lipinski definition) is 3. The smallest absolute Gasteiger partial charge is 0.239 e. The average molecular weight is 253 g/mol. The molecule has 1 atom stereocenters. The van der Waals surface area contributed by atoms with Crippen LogP contribution >= 0.6 is 0 Å². The lowest BCUT2D eigenvalue weighted by Gasteiger charge is -2.39. The SMILES string of the molecule is CC(C)N1CCC(N(C)C(=O)C2CCCN2)CC1. The molecule has 2 heterocycles. The number of likely N-dealkylation sites (N-methyl/N-ethyl adjacent to an activating group) is 1. The van der Waals surface area contributed by atoms with E-state index in [0.717, 1.165) is 45.3 Å². The summed E-state index contributed by atoms with van der Waals surface area (Å²) in [7, 11) is 1.98. The van der Waals surface area contributed by atoms with Crippen molar-refractivity contribution >= 4 is 5.91 Å². The predicted molar refractivity (Wildman–Crippen MR) is 73.5 cm³/mol. The first-order valence-corrected chi connectivity index (χ1v) is 7.33. The van der Waals surface area contributed by atoms with Gasteiger partial charge in [0.05, 0.1) is 6.04 Å². The Morgan fingerprint density at radius 2 is 1.94 bits per heavy atom. The summed E-state index contributed by atoms with van der Waals surface area (Å²) in [6, 6.07) is 1.15. The highest BCUT2D eigenvalue weighted by Crippen LogP contribution is 2.19. The second-order valence-electron chi connectivity index (χ2n) is 5.96. The Balaban J connectivity index is 1.83. The van der Waals surface area contributed by atoms with Gasteiger partial charge in [-0.15, -0.1) is 0 Å². The van der Waals surface area contributed by atoms with E-state index in [2.05, 4.69) is 24.1 Å². The fraction of sp³-hybridized carbons (Fsp3) is 0.929. The maximum absolute atomic E-state index is 12.3. The zero-order chi connectivity index (χ0) is 13.1. The number of nitrogens with zero attached hydrogens (tertiary/aromatic N) is 2. The summed E-state index contributed by atoms with van der Waals surface area (Å²) < 4.78 is 0.